The van der Waals surface area contributed by atoms with Crippen molar-refractivity contribution in [3.8, 4) is 11.8 Å². The van der Waals surface area contributed by atoms with Crippen LogP contribution in [0.1, 0.15) is 38.5 Å². The second-order valence-electron chi connectivity index (χ2n) is 2.50. The average molecular weight is 215 g/mol. The quantitative estimate of drug-likeness (QED) is 0.499. The lowest BCUT2D eigenvalue weighted by molar-refractivity contribution is 0.620. The zero-order chi connectivity index (χ0) is 11.2. The molecule has 0 aromatic carbocycles. The first kappa shape index (κ1) is 15.4. The van der Waals surface area contributed by atoms with E-state index in [1.165, 1.54) is 25.7 Å². The Morgan fingerprint density at radius 2 is 1.21 bits per heavy atom. The summed E-state index contributed by atoms with van der Waals surface area (Å²) in [6, 6.07) is 0. The van der Waals surface area contributed by atoms with Crippen molar-refractivity contribution < 1.29 is 8.42 Å². The molecule has 1 aliphatic rings. The predicted octanol–water partition coefficient (Wildman–Crippen LogP) is 2.77. The van der Waals surface area contributed by atoms with Gasteiger partial charge in [0, 0.05) is 12.8 Å². The average Bonchev–Trinajstić information content (AvgIpc) is 2.05. The Kier molecular flexibility index (Phi) is 15.9. The third-order valence-electron chi connectivity index (χ3n) is 1.48. The molecule has 0 fully saturated rings. The van der Waals surface area contributed by atoms with Crippen LogP contribution in [0.4, 0.5) is 0 Å². The van der Waals surface area contributed by atoms with E-state index < -0.39 is 10.5 Å². The van der Waals surface area contributed by atoms with Crippen molar-refractivity contribution in [2.24, 2.45) is 0 Å². The first-order chi connectivity index (χ1) is 6.73. The molecule has 0 amide bonds. The molecular weight excluding hydrogens is 198 g/mol. The van der Waals surface area contributed by atoms with Crippen molar-refractivity contribution in [2.45, 2.75) is 38.5 Å². The minimum atomic E-state index is -2.61. The van der Waals surface area contributed by atoms with Crippen LogP contribution in [0.2, 0.25) is 0 Å². The molecule has 1 aliphatic carbocycles. The maximum Gasteiger partial charge on any atom is 0.308 e. The van der Waals surface area contributed by atoms with E-state index in [0.717, 1.165) is 12.8 Å². The van der Waals surface area contributed by atoms with Gasteiger partial charge in [-0.25, -0.2) is 0 Å². The summed E-state index contributed by atoms with van der Waals surface area (Å²) in [5.41, 5.74) is 0. The van der Waals surface area contributed by atoms with E-state index in [-0.39, 0.29) is 0 Å². The fraction of sp³-hybridized carbons (Fsp3) is 0.600. The lowest BCUT2D eigenvalue weighted by Gasteiger charge is -1.97. The summed E-state index contributed by atoms with van der Waals surface area (Å²) in [4.78, 5) is 0. The third-order valence-corrected chi connectivity index (χ3v) is 1.48. The molecule has 1 N–H and O–H groups in total. The fourth-order valence-corrected chi connectivity index (χ4v) is 0.957. The lowest BCUT2D eigenvalue weighted by atomic mass is 10.1. The number of rotatable bonds is 0. The molecule has 4 heteroatoms. The standard InChI is InChI=1S/C8H12.C2H4.HNO2S/c1-2-4-6-8-7-5-3-1;1-2;1-4(2)3/h1-6H2;1-2H2;1H. The number of hydrogen-bond donors (Lipinski definition) is 1. The largest absolute Gasteiger partial charge is 0.308 e. The SMILES string of the molecule is C1#CCCCCCC1.C=C.N=S(=O)=O. The number of hydrogen-bond acceptors (Lipinski definition) is 3. The molecule has 0 spiro atoms. The zero-order valence-electron chi connectivity index (χ0n) is 8.38. The van der Waals surface area contributed by atoms with Crippen LogP contribution in [0, 0.1) is 16.6 Å². The maximum absolute atomic E-state index is 8.67. The van der Waals surface area contributed by atoms with Crippen LogP contribution in [0.15, 0.2) is 13.2 Å². The highest BCUT2D eigenvalue weighted by Crippen LogP contribution is 2.06. The summed E-state index contributed by atoms with van der Waals surface area (Å²) in [6.07, 6.45) is 7.73. The molecule has 3 nitrogen and oxygen atoms in total. The van der Waals surface area contributed by atoms with Crippen molar-refractivity contribution in [2.75, 3.05) is 0 Å². The van der Waals surface area contributed by atoms with Crippen molar-refractivity contribution in [1.29, 1.82) is 4.78 Å². The molecule has 0 heterocycles. The van der Waals surface area contributed by atoms with Crippen LogP contribution in [-0.4, -0.2) is 8.42 Å². The van der Waals surface area contributed by atoms with Gasteiger partial charge in [0.2, 0.25) is 0 Å². The highest BCUT2D eigenvalue weighted by atomic mass is 32.2. The summed E-state index contributed by atoms with van der Waals surface area (Å²) >= 11 is 0. The van der Waals surface area contributed by atoms with Gasteiger partial charge in [-0.15, -0.1) is 25.0 Å². The second kappa shape index (κ2) is 14.4. The second-order valence-corrected chi connectivity index (χ2v) is 2.97. The summed E-state index contributed by atoms with van der Waals surface area (Å²) in [7, 11) is -2.61. The molecule has 0 atom stereocenters. The van der Waals surface area contributed by atoms with Crippen LogP contribution in [0.3, 0.4) is 0 Å². The van der Waals surface area contributed by atoms with Gasteiger partial charge in [0.1, 0.15) is 0 Å². The summed E-state index contributed by atoms with van der Waals surface area (Å²) in [6.45, 7) is 6.00. The summed E-state index contributed by atoms with van der Waals surface area (Å²) in [5, 5.41) is 0. The zero-order valence-corrected chi connectivity index (χ0v) is 9.20. The van der Waals surface area contributed by atoms with Crippen molar-refractivity contribution >= 4 is 10.5 Å². The van der Waals surface area contributed by atoms with E-state index >= 15 is 0 Å². The van der Waals surface area contributed by atoms with Crippen LogP contribution >= 0.6 is 0 Å². The smallest absolute Gasteiger partial charge is 0.188 e. The minimum Gasteiger partial charge on any atom is -0.188 e. The van der Waals surface area contributed by atoms with E-state index in [2.05, 4.69) is 25.0 Å². The van der Waals surface area contributed by atoms with Gasteiger partial charge in [0.05, 0.1) is 0 Å². The Bertz CT molecular complexity index is 251. The molecule has 1 rings (SSSR count). The first-order valence-electron chi connectivity index (χ1n) is 4.49. The number of nitrogens with one attached hydrogen (secondary N) is 1. The monoisotopic (exact) mass is 215 g/mol. The van der Waals surface area contributed by atoms with Gasteiger partial charge >= 0.3 is 10.5 Å². The van der Waals surface area contributed by atoms with E-state index in [1.54, 1.807) is 0 Å². The molecule has 0 saturated carbocycles. The molecule has 0 unspecified atom stereocenters. The summed E-state index contributed by atoms with van der Waals surface area (Å²) in [5.74, 6) is 6.27. The highest BCUT2D eigenvalue weighted by Gasteiger charge is 1.89. The van der Waals surface area contributed by atoms with Crippen LogP contribution in [0.5, 0.6) is 0 Å². The molecular formula is C10H17NO2S. The van der Waals surface area contributed by atoms with Gasteiger partial charge in [0.25, 0.3) is 0 Å². The minimum absolute atomic E-state index is 1.14. The van der Waals surface area contributed by atoms with Gasteiger partial charge in [-0.3, -0.25) is 0 Å². The van der Waals surface area contributed by atoms with Gasteiger partial charge in [0.15, 0.2) is 0 Å². The Balaban J connectivity index is 0. The molecule has 0 aromatic rings. The van der Waals surface area contributed by atoms with E-state index in [9.17, 15) is 0 Å². The van der Waals surface area contributed by atoms with Gasteiger partial charge < -0.3 is 0 Å². The molecule has 0 radical (unpaired) electrons. The van der Waals surface area contributed by atoms with E-state index in [4.69, 9.17) is 13.2 Å². The first-order valence-corrected chi connectivity index (χ1v) is 5.57. The fourth-order valence-electron chi connectivity index (χ4n) is 0.957. The highest BCUT2D eigenvalue weighted by molar-refractivity contribution is 7.60. The lowest BCUT2D eigenvalue weighted by Crippen LogP contribution is -1.80. The Morgan fingerprint density at radius 1 is 0.929 bits per heavy atom. The van der Waals surface area contributed by atoms with Crippen LogP contribution in [-0.2, 0) is 10.5 Å². The van der Waals surface area contributed by atoms with Crippen LogP contribution < -0.4 is 0 Å². The van der Waals surface area contributed by atoms with E-state index in [0.29, 0.717) is 0 Å². The topological polar surface area (TPSA) is 58.0 Å². The normalized spacial score (nSPS) is 13.4. The predicted molar refractivity (Wildman–Crippen MR) is 58.4 cm³/mol. The Hall–Kier alpha value is -1.08. The van der Waals surface area contributed by atoms with Gasteiger partial charge in [-0.1, -0.05) is 12.8 Å². The van der Waals surface area contributed by atoms with Crippen molar-refractivity contribution in [3.05, 3.63) is 13.2 Å². The Labute approximate surface area is 87.7 Å². The molecule has 0 bridgehead atoms. The van der Waals surface area contributed by atoms with Gasteiger partial charge in [-0.2, -0.15) is 13.2 Å². The van der Waals surface area contributed by atoms with E-state index in [1.807, 2.05) is 0 Å². The molecule has 80 valence electrons. The summed E-state index contributed by atoms with van der Waals surface area (Å²) < 4.78 is 22.8. The Morgan fingerprint density at radius 3 is 1.50 bits per heavy atom. The van der Waals surface area contributed by atoms with Crippen molar-refractivity contribution in [3.63, 3.8) is 0 Å². The maximum atomic E-state index is 8.67. The van der Waals surface area contributed by atoms with Gasteiger partial charge in [-0.05, 0) is 12.8 Å². The van der Waals surface area contributed by atoms with Crippen molar-refractivity contribution in [1.82, 2.24) is 0 Å². The van der Waals surface area contributed by atoms with Crippen LogP contribution in [0.25, 0.3) is 0 Å². The molecule has 14 heavy (non-hydrogen) atoms. The molecule has 0 saturated heterocycles. The molecule has 0 aliphatic heterocycles. The molecule has 0 aromatic heterocycles. The third kappa shape index (κ3) is 22.4.